The van der Waals surface area contributed by atoms with Crippen LogP contribution in [0.25, 0.3) is 0 Å². The molecule has 4 nitrogen and oxygen atoms in total. The average Bonchev–Trinajstić information content (AvgIpc) is 2.54. The monoisotopic (exact) mass is 355 g/mol. The number of aliphatic hydroxyl groups is 1. The van der Waals surface area contributed by atoms with Gasteiger partial charge in [0, 0.05) is 17.8 Å². The van der Waals surface area contributed by atoms with E-state index in [0.29, 0.717) is 12.2 Å². The molecule has 0 aliphatic carbocycles. The molecular formula is C21H41NO3. The first-order chi connectivity index (χ1) is 11.7. The van der Waals surface area contributed by atoms with E-state index >= 15 is 0 Å². The van der Waals surface area contributed by atoms with Gasteiger partial charge >= 0.3 is 0 Å². The highest BCUT2D eigenvalue weighted by Gasteiger charge is 2.37. The topological polar surface area (TPSA) is 66.4 Å². The molecule has 0 saturated carbocycles. The number of nitrogens with one attached hydrogen (secondary N) is 1. The van der Waals surface area contributed by atoms with Crippen LogP contribution in [0, 0.1) is 23.2 Å². The fourth-order valence-electron chi connectivity index (χ4n) is 3.60. The predicted molar refractivity (Wildman–Crippen MR) is 105 cm³/mol. The van der Waals surface area contributed by atoms with Crippen molar-refractivity contribution in [3.63, 3.8) is 0 Å². The van der Waals surface area contributed by atoms with Gasteiger partial charge in [0.2, 0.25) is 0 Å². The van der Waals surface area contributed by atoms with E-state index in [9.17, 15) is 14.7 Å². The molecule has 0 fully saturated rings. The second-order valence-corrected chi connectivity index (χ2v) is 8.53. The van der Waals surface area contributed by atoms with Gasteiger partial charge in [0.1, 0.15) is 12.1 Å². The van der Waals surface area contributed by atoms with Crippen molar-refractivity contribution in [2.45, 2.75) is 85.7 Å². The Morgan fingerprint density at radius 2 is 1.64 bits per heavy atom. The van der Waals surface area contributed by atoms with Crippen LogP contribution in [0.2, 0.25) is 0 Å². The molecule has 0 amide bonds. The molecule has 0 heterocycles. The van der Waals surface area contributed by atoms with E-state index < -0.39 is 11.5 Å². The van der Waals surface area contributed by atoms with E-state index in [2.05, 4.69) is 19.2 Å². The minimum Gasteiger partial charge on any atom is -0.392 e. The second-order valence-electron chi connectivity index (χ2n) is 8.53. The molecule has 0 aromatic carbocycles. The third kappa shape index (κ3) is 9.50. The number of aliphatic hydroxyl groups excluding tert-OH is 1. The number of aldehydes is 1. The Balaban J connectivity index is 4.21. The normalized spacial score (nSPS) is 16.9. The summed E-state index contributed by atoms with van der Waals surface area (Å²) < 4.78 is 0. The smallest absolute Gasteiger partial charge is 0.143 e. The van der Waals surface area contributed by atoms with Crippen LogP contribution in [0.4, 0.5) is 0 Å². The number of hydrogen-bond acceptors (Lipinski definition) is 4. The van der Waals surface area contributed by atoms with Crippen LogP contribution >= 0.6 is 0 Å². The summed E-state index contributed by atoms with van der Waals surface area (Å²) >= 11 is 0. The summed E-state index contributed by atoms with van der Waals surface area (Å²) in [5.41, 5.74) is -0.859. The van der Waals surface area contributed by atoms with Gasteiger partial charge in [-0.1, -0.05) is 53.9 Å². The van der Waals surface area contributed by atoms with Crippen LogP contribution in [0.1, 0.15) is 79.6 Å². The highest BCUT2D eigenvalue weighted by molar-refractivity contribution is 5.87. The van der Waals surface area contributed by atoms with Crippen LogP contribution in [-0.4, -0.2) is 36.9 Å². The van der Waals surface area contributed by atoms with E-state index in [4.69, 9.17) is 0 Å². The summed E-state index contributed by atoms with van der Waals surface area (Å²) in [5.74, 6) is 1.24. The molecule has 0 spiro atoms. The zero-order valence-corrected chi connectivity index (χ0v) is 17.3. The lowest BCUT2D eigenvalue weighted by atomic mass is 9.74. The number of Topliss-reactive ketones (excluding diaryl/α,β-unsaturated/α-hetero) is 1. The molecule has 25 heavy (non-hydrogen) atoms. The summed E-state index contributed by atoms with van der Waals surface area (Å²) in [5, 5.41) is 13.3. The number of carbonyl (C=O) groups is 2. The van der Waals surface area contributed by atoms with Gasteiger partial charge < -0.3 is 15.2 Å². The molecule has 4 heteroatoms. The largest absolute Gasteiger partial charge is 0.392 e. The lowest BCUT2D eigenvalue weighted by Crippen LogP contribution is -2.40. The van der Waals surface area contributed by atoms with Crippen LogP contribution in [0.15, 0.2) is 0 Å². The number of rotatable bonds is 15. The minimum atomic E-state index is -0.895. The summed E-state index contributed by atoms with van der Waals surface area (Å²) in [7, 11) is 1.99. The zero-order valence-electron chi connectivity index (χ0n) is 17.3. The van der Waals surface area contributed by atoms with E-state index in [1.165, 1.54) is 25.7 Å². The molecule has 0 aromatic rings. The third-order valence-corrected chi connectivity index (χ3v) is 5.51. The second kappa shape index (κ2) is 12.6. The van der Waals surface area contributed by atoms with Gasteiger partial charge in [-0.25, -0.2) is 0 Å². The van der Waals surface area contributed by atoms with Crippen molar-refractivity contribution in [3.8, 4) is 0 Å². The van der Waals surface area contributed by atoms with Crippen LogP contribution in [0.5, 0.6) is 0 Å². The lowest BCUT2D eigenvalue weighted by molar-refractivity contribution is -0.138. The molecule has 4 atom stereocenters. The molecular weight excluding hydrogens is 314 g/mol. The van der Waals surface area contributed by atoms with E-state index in [1.54, 1.807) is 13.8 Å². The van der Waals surface area contributed by atoms with Crippen molar-refractivity contribution >= 4 is 12.1 Å². The van der Waals surface area contributed by atoms with Crippen molar-refractivity contribution in [2.24, 2.45) is 23.2 Å². The standard InChI is InChI=1S/C21H41NO3/c1-16(11-8-13-22-6)9-7-10-17(2)15-18(3)20(25)21(4,5)19(24)12-14-23/h14,16-19,22,24H,7-13,15H2,1-6H3. The van der Waals surface area contributed by atoms with Crippen molar-refractivity contribution < 1.29 is 14.7 Å². The van der Waals surface area contributed by atoms with Gasteiger partial charge in [0.05, 0.1) is 6.10 Å². The molecule has 0 bridgehead atoms. The average molecular weight is 356 g/mol. The maximum Gasteiger partial charge on any atom is 0.143 e. The van der Waals surface area contributed by atoms with Crippen molar-refractivity contribution in [1.82, 2.24) is 5.32 Å². The Labute approximate surface area is 155 Å². The molecule has 0 radical (unpaired) electrons. The molecule has 4 unspecified atom stereocenters. The van der Waals surface area contributed by atoms with Crippen molar-refractivity contribution in [2.75, 3.05) is 13.6 Å². The minimum absolute atomic E-state index is 0.0203. The highest BCUT2D eigenvalue weighted by Crippen LogP contribution is 2.31. The lowest BCUT2D eigenvalue weighted by Gasteiger charge is -2.31. The molecule has 0 saturated heterocycles. The van der Waals surface area contributed by atoms with Gasteiger partial charge in [-0.3, -0.25) is 4.79 Å². The maximum atomic E-state index is 12.7. The van der Waals surface area contributed by atoms with Crippen molar-refractivity contribution in [1.29, 1.82) is 0 Å². The quantitative estimate of drug-likeness (QED) is 0.344. The summed E-state index contributed by atoms with van der Waals surface area (Å²) in [6.07, 6.45) is 6.77. The van der Waals surface area contributed by atoms with E-state index in [0.717, 1.165) is 25.3 Å². The third-order valence-electron chi connectivity index (χ3n) is 5.51. The van der Waals surface area contributed by atoms with Crippen LogP contribution in [0.3, 0.4) is 0 Å². The summed E-state index contributed by atoms with van der Waals surface area (Å²) in [6, 6.07) is 0. The fourth-order valence-corrected chi connectivity index (χ4v) is 3.60. The van der Waals surface area contributed by atoms with Gasteiger partial charge in [0.15, 0.2) is 0 Å². The number of hydrogen-bond donors (Lipinski definition) is 2. The fraction of sp³-hybridized carbons (Fsp3) is 0.905. The Hall–Kier alpha value is -0.740. The molecule has 0 aliphatic rings. The van der Waals surface area contributed by atoms with Gasteiger partial charge in [0.25, 0.3) is 0 Å². The highest BCUT2D eigenvalue weighted by atomic mass is 16.3. The van der Waals surface area contributed by atoms with Gasteiger partial charge in [-0.2, -0.15) is 0 Å². The molecule has 0 aromatic heterocycles. The van der Waals surface area contributed by atoms with Crippen molar-refractivity contribution in [3.05, 3.63) is 0 Å². The number of ketones is 1. The maximum absolute atomic E-state index is 12.7. The zero-order chi connectivity index (χ0) is 19.5. The summed E-state index contributed by atoms with van der Waals surface area (Å²) in [4.78, 5) is 23.3. The van der Waals surface area contributed by atoms with E-state index in [-0.39, 0.29) is 18.1 Å². The molecule has 148 valence electrons. The first-order valence-electron chi connectivity index (χ1n) is 9.97. The van der Waals surface area contributed by atoms with E-state index in [1.807, 2.05) is 14.0 Å². The Kier molecular flexibility index (Phi) is 12.2. The van der Waals surface area contributed by atoms with Gasteiger partial charge in [-0.15, -0.1) is 0 Å². The Morgan fingerprint density at radius 1 is 1.08 bits per heavy atom. The first-order valence-corrected chi connectivity index (χ1v) is 9.97. The molecule has 0 rings (SSSR count). The molecule has 2 N–H and O–H groups in total. The Bertz CT molecular complexity index is 381. The Morgan fingerprint density at radius 3 is 2.20 bits per heavy atom. The predicted octanol–water partition coefficient (Wildman–Crippen LogP) is 4.00. The first kappa shape index (κ1) is 24.3. The SMILES string of the molecule is CNCCCC(C)CCCC(C)CC(C)C(=O)C(C)(C)C(O)CC=O. The number of carbonyl (C=O) groups excluding carboxylic acids is 2. The van der Waals surface area contributed by atoms with Crippen LogP contribution in [-0.2, 0) is 9.59 Å². The van der Waals surface area contributed by atoms with Crippen LogP contribution < -0.4 is 5.32 Å². The van der Waals surface area contributed by atoms with Gasteiger partial charge in [-0.05, 0) is 44.7 Å². The molecule has 0 aliphatic heterocycles. The summed E-state index contributed by atoms with van der Waals surface area (Å²) in [6.45, 7) is 11.1.